The van der Waals surface area contributed by atoms with Crippen molar-refractivity contribution in [3.8, 4) is 11.5 Å². The van der Waals surface area contributed by atoms with Gasteiger partial charge in [-0.2, -0.15) is 0 Å². The maximum absolute atomic E-state index is 12.2. The zero-order valence-corrected chi connectivity index (χ0v) is 16.1. The number of carbonyl (C=O) groups is 3. The van der Waals surface area contributed by atoms with Crippen LogP contribution in [0, 0.1) is 0 Å². The van der Waals surface area contributed by atoms with Gasteiger partial charge in [0.25, 0.3) is 5.91 Å². The summed E-state index contributed by atoms with van der Waals surface area (Å²) in [4.78, 5) is 36.2. The van der Waals surface area contributed by atoms with Crippen LogP contribution in [0.15, 0.2) is 59.9 Å². The molecule has 2 aromatic carbocycles. The average molecular weight is 405 g/mol. The van der Waals surface area contributed by atoms with Crippen LogP contribution in [0.1, 0.15) is 51.1 Å². The minimum absolute atomic E-state index is 0.000675. The van der Waals surface area contributed by atoms with Crippen molar-refractivity contribution in [1.82, 2.24) is 5.32 Å². The number of allylic oxidation sites excluding steroid dienone is 4. The third-order valence-electron chi connectivity index (χ3n) is 5.15. The Labute approximate surface area is 172 Å². The average Bonchev–Trinajstić information content (AvgIpc) is 2.71. The number of phenolic OH excluding ortho intramolecular Hbond substituents is 1. The molecule has 1 aliphatic carbocycles. The van der Waals surface area contributed by atoms with Crippen molar-refractivity contribution in [2.75, 3.05) is 6.54 Å². The van der Waals surface area contributed by atoms with Crippen molar-refractivity contribution in [3.05, 3.63) is 82.1 Å². The summed E-state index contributed by atoms with van der Waals surface area (Å²) in [5.74, 6) is -1.38. The van der Waals surface area contributed by atoms with Crippen LogP contribution in [0.25, 0.3) is 0 Å². The second kappa shape index (κ2) is 7.51. The van der Waals surface area contributed by atoms with Crippen molar-refractivity contribution >= 4 is 17.7 Å². The minimum atomic E-state index is -1.17. The second-order valence-electron chi connectivity index (χ2n) is 7.08. The van der Waals surface area contributed by atoms with Gasteiger partial charge in [0, 0.05) is 35.2 Å². The number of phenols is 1. The molecule has 4 rings (SSSR count). The number of benzene rings is 2. The van der Waals surface area contributed by atoms with Crippen molar-refractivity contribution in [2.45, 2.75) is 19.3 Å². The number of carboxylic acids is 1. The van der Waals surface area contributed by atoms with Gasteiger partial charge < -0.3 is 20.3 Å². The first-order chi connectivity index (χ1) is 14.4. The highest BCUT2D eigenvalue weighted by molar-refractivity contribution is 5.99. The molecular weight excluding hydrogens is 386 g/mol. The number of ether oxygens (including phenoxy) is 1. The van der Waals surface area contributed by atoms with Crippen LogP contribution >= 0.6 is 0 Å². The molecule has 2 aromatic rings. The molecule has 1 unspecified atom stereocenters. The lowest BCUT2D eigenvalue weighted by molar-refractivity contribution is -0.114. The van der Waals surface area contributed by atoms with Gasteiger partial charge in [-0.25, -0.2) is 4.79 Å². The molecule has 1 aliphatic heterocycles. The molecule has 1 heterocycles. The summed E-state index contributed by atoms with van der Waals surface area (Å²) in [7, 11) is 0. The predicted octanol–water partition coefficient (Wildman–Crippen LogP) is 3.15. The number of ketones is 1. The fourth-order valence-electron chi connectivity index (χ4n) is 3.83. The van der Waals surface area contributed by atoms with E-state index >= 15 is 0 Å². The van der Waals surface area contributed by atoms with Gasteiger partial charge in [0.2, 0.25) is 0 Å². The van der Waals surface area contributed by atoms with Crippen LogP contribution in [0.4, 0.5) is 0 Å². The van der Waals surface area contributed by atoms with Crippen LogP contribution in [0.5, 0.6) is 11.5 Å². The van der Waals surface area contributed by atoms with E-state index in [4.69, 9.17) is 4.74 Å². The third kappa shape index (κ3) is 3.34. The lowest BCUT2D eigenvalue weighted by Crippen LogP contribution is -2.24. The highest BCUT2D eigenvalue weighted by Gasteiger charge is 2.34. The van der Waals surface area contributed by atoms with Gasteiger partial charge in [-0.1, -0.05) is 18.2 Å². The van der Waals surface area contributed by atoms with Crippen molar-refractivity contribution in [1.29, 1.82) is 0 Å². The summed E-state index contributed by atoms with van der Waals surface area (Å²) < 4.78 is 5.87. The Balaban J connectivity index is 1.91. The Morgan fingerprint density at radius 3 is 2.63 bits per heavy atom. The topological polar surface area (TPSA) is 113 Å². The molecule has 0 fully saturated rings. The number of hydrogen-bond donors (Lipinski definition) is 3. The molecule has 0 aromatic heterocycles. The summed E-state index contributed by atoms with van der Waals surface area (Å²) in [5.41, 5.74) is 2.05. The van der Waals surface area contributed by atoms with E-state index in [0.29, 0.717) is 34.8 Å². The molecule has 2 aliphatic rings. The molecule has 1 amide bonds. The van der Waals surface area contributed by atoms with Crippen LogP contribution in [-0.2, 0) is 4.79 Å². The summed E-state index contributed by atoms with van der Waals surface area (Å²) in [5, 5.41) is 22.4. The van der Waals surface area contributed by atoms with Crippen molar-refractivity contribution in [2.24, 2.45) is 0 Å². The zero-order chi connectivity index (χ0) is 21.4. The lowest BCUT2D eigenvalue weighted by Gasteiger charge is -2.32. The predicted molar refractivity (Wildman–Crippen MR) is 108 cm³/mol. The summed E-state index contributed by atoms with van der Waals surface area (Å²) in [6.45, 7) is 2.21. The second-order valence-corrected chi connectivity index (χ2v) is 7.08. The Morgan fingerprint density at radius 2 is 1.90 bits per heavy atom. The van der Waals surface area contributed by atoms with E-state index in [0.717, 1.165) is 0 Å². The number of hydrogen-bond acceptors (Lipinski definition) is 5. The molecule has 0 saturated heterocycles. The van der Waals surface area contributed by atoms with E-state index in [1.165, 1.54) is 24.3 Å². The van der Waals surface area contributed by atoms with Gasteiger partial charge in [0.1, 0.15) is 17.3 Å². The van der Waals surface area contributed by atoms with Crippen molar-refractivity contribution in [3.63, 3.8) is 0 Å². The smallest absolute Gasteiger partial charge is 0.336 e. The first-order valence-electron chi connectivity index (χ1n) is 9.49. The lowest BCUT2D eigenvalue weighted by atomic mass is 9.78. The zero-order valence-electron chi connectivity index (χ0n) is 16.1. The van der Waals surface area contributed by atoms with E-state index in [2.05, 4.69) is 5.32 Å². The highest BCUT2D eigenvalue weighted by Crippen LogP contribution is 2.47. The summed E-state index contributed by atoms with van der Waals surface area (Å²) >= 11 is 0. The monoisotopic (exact) mass is 405 g/mol. The molecule has 152 valence electrons. The Hall–Kier alpha value is -3.87. The molecule has 7 nitrogen and oxygen atoms in total. The number of aromatic carboxylic acids is 1. The van der Waals surface area contributed by atoms with Gasteiger partial charge in [0.15, 0.2) is 5.78 Å². The molecule has 0 bridgehead atoms. The molecule has 3 N–H and O–H groups in total. The number of aromatic hydroxyl groups is 1. The number of carbonyl (C=O) groups excluding carboxylic acids is 2. The van der Waals surface area contributed by atoms with Gasteiger partial charge >= 0.3 is 5.97 Å². The maximum atomic E-state index is 12.2. The molecule has 7 heteroatoms. The van der Waals surface area contributed by atoms with E-state index < -0.39 is 11.9 Å². The standard InChI is InChI=1S/C23H19NO6/c1-2-24-22(27)12-3-6-15(18(9-12)23(28)29)21-16-7-4-13(25)10-19(16)30-20-11-14(26)5-8-17(20)21/h3-10,21,25H,2,11H2,1H3,(H,24,27)(H,28,29). The SMILES string of the molecule is CCNC(=O)c1ccc(C2C3=C(CC(=O)C=C3)Oc3cc(O)ccc32)c(C(=O)O)c1. The Morgan fingerprint density at radius 1 is 1.13 bits per heavy atom. The van der Waals surface area contributed by atoms with Gasteiger partial charge in [-0.15, -0.1) is 0 Å². The Kier molecular flexibility index (Phi) is 4.87. The van der Waals surface area contributed by atoms with Gasteiger partial charge in [0.05, 0.1) is 12.0 Å². The quantitative estimate of drug-likeness (QED) is 0.720. The number of fused-ring (bicyclic) bond motifs is 1. The van der Waals surface area contributed by atoms with Crippen LogP contribution in [0.2, 0.25) is 0 Å². The van der Waals surface area contributed by atoms with E-state index in [-0.39, 0.29) is 35.0 Å². The first-order valence-corrected chi connectivity index (χ1v) is 9.49. The number of amides is 1. The van der Waals surface area contributed by atoms with E-state index in [1.807, 2.05) is 0 Å². The fraction of sp³-hybridized carbons (Fsp3) is 0.174. The van der Waals surface area contributed by atoms with Crippen LogP contribution in [0.3, 0.4) is 0 Å². The van der Waals surface area contributed by atoms with Crippen LogP contribution in [-0.4, -0.2) is 34.4 Å². The third-order valence-corrected chi connectivity index (χ3v) is 5.15. The number of rotatable bonds is 4. The molecule has 0 spiro atoms. The van der Waals surface area contributed by atoms with E-state index in [9.17, 15) is 24.6 Å². The van der Waals surface area contributed by atoms with Gasteiger partial charge in [-0.3, -0.25) is 9.59 Å². The molecule has 1 atom stereocenters. The molecular formula is C23H19NO6. The molecule has 0 radical (unpaired) electrons. The fourth-order valence-corrected chi connectivity index (χ4v) is 3.83. The number of nitrogens with one attached hydrogen (secondary N) is 1. The maximum Gasteiger partial charge on any atom is 0.336 e. The first kappa shape index (κ1) is 19.4. The normalized spacial score (nSPS) is 17.1. The molecule has 0 saturated carbocycles. The summed E-state index contributed by atoms with van der Waals surface area (Å²) in [6, 6.07) is 9.18. The largest absolute Gasteiger partial charge is 0.508 e. The number of carboxylic acid groups (broad SMARTS) is 1. The van der Waals surface area contributed by atoms with Gasteiger partial charge in [-0.05, 0) is 36.8 Å². The summed E-state index contributed by atoms with van der Waals surface area (Å²) in [6.07, 6.45) is 3.14. The van der Waals surface area contributed by atoms with E-state index in [1.54, 1.807) is 31.2 Å². The highest BCUT2D eigenvalue weighted by atomic mass is 16.5. The van der Waals surface area contributed by atoms with Crippen molar-refractivity contribution < 1.29 is 29.3 Å². The molecule has 30 heavy (non-hydrogen) atoms. The van der Waals surface area contributed by atoms with Crippen LogP contribution < -0.4 is 10.1 Å². The Bertz CT molecular complexity index is 1140. The minimum Gasteiger partial charge on any atom is -0.508 e.